The minimum atomic E-state index is -0.663. The highest BCUT2D eigenvalue weighted by molar-refractivity contribution is 7.10. The molecular weight excluding hydrogens is 504 g/mol. The van der Waals surface area contributed by atoms with Crippen LogP contribution in [0.1, 0.15) is 23.4 Å². The molecule has 5 rings (SSSR count). The summed E-state index contributed by atoms with van der Waals surface area (Å²) in [5.74, 6) is 0.854. The summed E-state index contributed by atoms with van der Waals surface area (Å²) in [4.78, 5) is 31.3. The van der Waals surface area contributed by atoms with Gasteiger partial charge in [0.1, 0.15) is 5.75 Å². The van der Waals surface area contributed by atoms with Crippen molar-refractivity contribution in [2.45, 2.75) is 25.6 Å². The molecule has 38 heavy (non-hydrogen) atoms. The van der Waals surface area contributed by atoms with E-state index in [1.807, 2.05) is 42.6 Å². The first kappa shape index (κ1) is 25.9. The Morgan fingerprint density at radius 2 is 1.76 bits per heavy atom. The number of thiophene rings is 1. The zero-order chi connectivity index (χ0) is 26.5. The maximum Gasteiger partial charge on any atom is 0.309 e. The number of rotatable bonds is 8. The van der Waals surface area contributed by atoms with E-state index in [0.29, 0.717) is 11.5 Å². The van der Waals surface area contributed by atoms with E-state index < -0.39 is 11.8 Å². The van der Waals surface area contributed by atoms with Crippen molar-refractivity contribution in [3.8, 4) is 17.2 Å². The second-order valence-corrected chi connectivity index (χ2v) is 10.3. The van der Waals surface area contributed by atoms with Gasteiger partial charge in [0.2, 0.25) is 6.79 Å². The van der Waals surface area contributed by atoms with Gasteiger partial charge >= 0.3 is 11.8 Å². The number of nitrogens with zero attached hydrogens (tertiary/aromatic N) is 2. The van der Waals surface area contributed by atoms with Crippen molar-refractivity contribution in [3.63, 3.8) is 0 Å². The van der Waals surface area contributed by atoms with Gasteiger partial charge in [0.15, 0.2) is 11.5 Å². The van der Waals surface area contributed by atoms with Crippen LogP contribution >= 0.6 is 11.3 Å². The Hall–Kier alpha value is -3.76. The Morgan fingerprint density at radius 1 is 1.00 bits per heavy atom. The molecule has 2 aliphatic rings. The molecular formula is C28H32N4O5S. The molecule has 0 saturated carbocycles. The van der Waals surface area contributed by atoms with Crippen LogP contribution in [0.3, 0.4) is 0 Å². The summed E-state index contributed by atoms with van der Waals surface area (Å²) >= 11 is 1.66. The number of methoxy groups -OCH3 is 1. The highest BCUT2D eigenvalue weighted by Gasteiger charge is 2.32. The fourth-order valence-electron chi connectivity index (χ4n) is 4.92. The summed E-state index contributed by atoms with van der Waals surface area (Å²) in [7, 11) is 1.67. The van der Waals surface area contributed by atoms with E-state index in [1.165, 1.54) is 5.69 Å². The van der Waals surface area contributed by atoms with E-state index >= 15 is 0 Å². The highest BCUT2D eigenvalue weighted by Crippen LogP contribution is 2.33. The Kier molecular flexibility index (Phi) is 8.00. The molecule has 0 unspecified atom stereocenters. The average molecular weight is 537 g/mol. The number of nitrogens with one attached hydrogen (secondary N) is 2. The van der Waals surface area contributed by atoms with Gasteiger partial charge in [-0.25, -0.2) is 0 Å². The molecule has 0 aliphatic carbocycles. The number of hydrogen-bond acceptors (Lipinski definition) is 8. The third-order valence-corrected chi connectivity index (χ3v) is 7.85. The van der Waals surface area contributed by atoms with Crippen molar-refractivity contribution >= 4 is 28.8 Å². The van der Waals surface area contributed by atoms with Crippen LogP contribution in [0.15, 0.2) is 60.0 Å². The van der Waals surface area contributed by atoms with Crippen molar-refractivity contribution in [1.82, 2.24) is 15.5 Å². The molecule has 10 heteroatoms. The van der Waals surface area contributed by atoms with Gasteiger partial charge < -0.3 is 29.7 Å². The minimum Gasteiger partial charge on any atom is -0.497 e. The second kappa shape index (κ2) is 11.7. The number of benzene rings is 2. The number of piperazine rings is 1. The molecule has 9 nitrogen and oxygen atoms in total. The van der Waals surface area contributed by atoms with Gasteiger partial charge in [0.25, 0.3) is 0 Å². The summed E-state index contributed by atoms with van der Waals surface area (Å²) in [6.45, 7) is 5.78. The van der Waals surface area contributed by atoms with Gasteiger partial charge in [0.05, 0.1) is 13.2 Å². The van der Waals surface area contributed by atoms with Crippen LogP contribution in [0.25, 0.3) is 0 Å². The van der Waals surface area contributed by atoms with Gasteiger partial charge in [-0.05, 0) is 60.3 Å². The topological polar surface area (TPSA) is 92.4 Å². The van der Waals surface area contributed by atoms with Crippen LogP contribution in [-0.2, 0) is 16.1 Å². The Morgan fingerprint density at radius 3 is 2.47 bits per heavy atom. The lowest BCUT2D eigenvalue weighted by Crippen LogP contribution is -2.53. The van der Waals surface area contributed by atoms with E-state index in [-0.39, 0.29) is 25.4 Å². The number of anilines is 1. The molecule has 3 aromatic rings. The molecule has 200 valence electrons. The Labute approximate surface area is 226 Å². The summed E-state index contributed by atoms with van der Waals surface area (Å²) in [5.41, 5.74) is 1.99. The summed E-state index contributed by atoms with van der Waals surface area (Å²) in [5, 5.41) is 7.69. The lowest BCUT2D eigenvalue weighted by molar-refractivity contribution is -0.140. The predicted molar refractivity (Wildman–Crippen MR) is 146 cm³/mol. The predicted octanol–water partition coefficient (Wildman–Crippen LogP) is 3.17. The monoisotopic (exact) mass is 536 g/mol. The van der Waals surface area contributed by atoms with Gasteiger partial charge in [0, 0.05) is 49.3 Å². The Balaban J connectivity index is 1.18. The molecule has 0 bridgehead atoms. The highest BCUT2D eigenvalue weighted by atomic mass is 32.1. The van der Waals surface area contributed by atoms with E-state index in [2.05, 4.69) is 38.6 Å². The van der Waals surface area contributed by atoms with Gasteiger partial charge in [-0.1, -0.05) is 12.1 Å². The molecule has 2 aromatic carbocycles. The van der Waals surface area contributed by atoms with Crippen molar-refractivity contribution in [2.24, 2.45) is 0 Å². The summed E-state index contributed by atoms with van der Waals surface area (Å²) in [6.07, 6.45) is 0. The third-order valence-electron chi connectivity index (χ3n) is 6.91. The zero-order valence-electron chi connectivity index (χ0n) is 21.5. The lowest BCUT2D eigenvalue weighted by atomic mass is 10.0. The smallest absolute Gasteiger partial charge is 0.309 e. The number of amides is 2. The molecule has 1 fully saturated rings. The molecule has 1 aromatic heterocycles. The molecule has 0 radical (unpaired) electrons. The van der Waals surface area contributed by atoms with Crippen molar-refractivity contribution in [1.29, 1.82) is 0 Å². The van der Waals surface area contributed by atoms with Crippen molar-refractivity contribution < 1.29 is 23.8 Å². The van der Waals surface area contributed by atoms with Crippen LogP contribution in [-0.4, -0.2) is 62.8 Å². The van der Waals surface area contributed by atoms with E-state index in [9.17, 15) is 9.59 Å². The number of carbonyl (C=O) groups is 2. The van der Waals surface area contributed by atoms with Gasteiger partial charge in [-0.15, -0.1) is 11.3 Å². The van der Waals surface area contributed by atoms with Gasteiger partial charge in [-0.2, -0.15) is 0 Å². The molecule has 2 amide bonds. The van der Waals surface area contributed by atoms with Crippen molar-refractivity contribution in [2.75, 3.05) is 45.0 Å². The first-order valence-corrected chi connectivity index (χ1v) is 13.5. The number of fused-ring (bicyclic) bond motifs is 1. The second-order valence-electron chi connectivity index (χ2n) is 9.31. The van der Waals surface area contributed by atoms with Crippen LogP contribution in [0.5, 0.6) is 17.2 Å². The lowest BCUT2D eigenvalue weighted by Gasteiger charge is -2.42. The van der Waals surface area contributed by atoms with E-state index in [1.54, 1.807) is 24.5 Å². The van der Waals surface area contributed by atoms with Crippen LogP contribution < -0.4 is 29.7 Å². The Bertz CT molecular complexity index is 1240. The fourth-order valence-corrected chi connectivity index (χ4v) is 5.88. The van der Waals surface area contributed by atoms with Crippen LogP contribution in [0, 0.1) is 0 Å². The molecule has 2 N–H and O–H groups in total. The maximum absolute atomic E-state index is 12.8. The normalized spacial score (nSPS) is 16.5. The largest absolute Gasteiger partial charge is 0.497 e. The molecule has 3 heterocycles. The third kappa shape index (κ3) is 5.87. The molecule has 2 atom stereocenters. The summed E-state index contributed by atoms with van der Waals surface area (Å²) < 4.78 is 16.0. The fraction of sp³-hybridized carbons (Fsp3) is 0.357. The molecule has 2 aliphatic heterocycles. The number of carbonyl (C=O) groups excluding carboxylic acids is 2. The van der Waals surface area contributed by atoms with E-state index in [0.717, 1.165) is 42.4 Å². The zero-order valence-corrected chi connectivity index (χ0v) is 22.3. The van der Waals surface area contributed by atoms with E-state index in [4.69, 9.17) is 14.2 Å². The molecule has 1 saturated heterocycles. The van der Waals surface area contributed by atoms with Crippen LogP contribution in [0.4, 0.5) is 5.69 Å². The summed E-state index contributed by atoms with van der Waals surface area (Å²) in [6, 6.07) is 17.4. The first-order valence-electron chi connectivity index (χ1n) is 12.7. The average Bonchev–Trinajstić information content (AvgIpc) is 3.64. The minimum absolute atomic E-state index is 0.0290. The maximum atomic E-state index is 12.8. The molecule has 0 spiro atoms. The standard InChI is InChI=1S/C28H32N4O5S/c1-19(30-28(34)27(33)29-17-20-5-10-23-24(16-20)37-18-36-23)26(25-4-3-15-38-25)32-13-11-31(12-14-32)21-6-8-22(35-2)9-7-21/h3-10,15-16,19,26H,11-14,17-18H2,1-2H3,(H,29,33)(H,30,34)/t19-,26-/m1/s1. The quantitative estimate of drug-likeness (QED) is 0.428. The first-order chi connectivity index (χ1) is 18.5. The van der Waals surface area contributed by atoms with Gasteiger partial charge in [-0.3, -0.25) is 14.5 Å². The SMILES string of the molecule is COc1ccc(N2CCN([C@@H](c3cccs3)[C@@H](C)NC(=O)C(=O)NCc3ccc4c(c3)OCO4)CC2)cc1. The van der Waals surface area contributed by atoms with Crippen molar-refractivity contribution in [3.05, 3.63) is 70.4 Å². The number of ether oxygens (including phenoxy) is 3. The van der Waals surface area contributed by atoms with Crippen LogP contribution in [0.2, 0.25) is 0 Å². The number of hydrogen-bond donors (Lipinski definition) is 2.